The Kier molecular flexibility index (Phi) is 4.95. The average Bonchev–Trinajstić information content (AvgIpc) is 3.12. The highest BCUT2D eigenvalue weighted by Crippen LogP contribution is 2.25. The van der Waals surface area contributed by atoms with Gasteiger partial charge in [0, 0.05) is 19.0 Å². The number of fused-ring (bicyclic) bond motifs is 1. The number of hydrogen-bond acceptors (Lipinski definition) is 4. The molecule has 6 heteroatoms. The number of phenols is 2. The Morgan fingerprint density at radius 1 is 0.781 bits per heavy atom. The molecular formula is C26H21N3O3. The molecule has 0 aliphatic carbocycles. The molecule has 5 rings (SSSR count). The first-order valence-electron chi connectivity index (χ1n) is 10.3. The zero-order valence-corrected chi connectivity index (χ0v) is 17.2. The predicted octanol–water partition coefficient (Wildman–Crippen LogP) is 4.26. The van der Waals surface area contributed by atoms with Crippen LogP contribution in [0.15, 0.2) is 89.9 Å². The van der Waals surface area contributed by atoms with Gasteiger partial charge in [-0.25, -0.2) is 4.98 Å². The molecule has 158 valence electrons. The molecule has 2 aliphatic heterocycles. The first-order valence-corrected chi connectivity index (χ1v) is 10.3. The van der Waals surface area contributed by atoms with E-state index in [9.17, 15) is 15.0 Å². The number of aromatic nitrogens is 3. The van der Waals surface area contributed by atoms with Crippen molar-refractivity contribution < 1.29 is 10.2 Å². The van der Waals surface area contributed by atoms with E-state index < -0.39 is 0 Å². The Balaban J connectivity index is 1.64. The van der Waals surface area contributed by atoms with Crippen LogP contribution < -0.4 is 5.56 Å². The van der Waals surface area contributed by atoms with E-state index in [-0.39, 0.29) is 17.1 Å². The van der Waals surface area contributed by atoms with E-state index in [1.54, 1.807) is 47.2 Å². The third-order valence-electron chi connectivity index (χ3n) is 5.46. The molecule has 3 aromatic rings. The zero-order chi connectivity index (χ0) is 22.1. The second-order valence-electron chi connectivity index (χ2n) is 7.76. The maximum absolute atomic E-state index is 13.2. The van der Waals surface area contributed by atoms with Crippen LogP contribution in [0.2, 0.25) is 0 Å². The van der Waals surface area contributed by atoms with E-state index in [2.05, 4.69) is 4.98 Å². The molecule has 0 radical (unpaired) electrons. The summed E-state index contributed by atoms with van der Waals surface area (Å²) < 4.78 is 1.59. The zero-order valence-electron chi connectivity index (χ0n) is 17.2. The van der Waals surface area contributed by atoms with E-state index in [4.69, 9.17) is 4.98 Å². The minimum absolute atomic E-state index is 0.148. The van der Waals surface area contributed by atoms with Crippen molar-refractivity contribution in [3.8, 4) is 28.6 Å². The van der Waals surface area contributed by atoms with Crippen molar-refractivity contribution in [3.05, 3.63) is 118 Å². The number of rotatable bonds is 5. The Labute approximate surface area is 184 Å². The van der Waals surface area contributed by atoms with Gasteiger partial charge in [0.2, 0.25) is 0 Å². The summed E-state index contributed by atoms with van der Waals surface area (Å²) in [7, 11) is 0. The van der Waals surface area contributed by atoms with Gasteiger partial charge < -0.3 is 15.2 Å². The SMILES string of the molecule is O=c1c(Cc2ccccc2)nc2c(Cc3ccc(O)cc3)[nH]c(-c3ccc(O)cc3)cn1-2. The van der Waals surface area contributed by atoms with Crippen LogP contribution in [0.5, 0.6) is 11.5 Å². The number of imidazole rings is 1. The molecule has 0 unspecified atom stereocenters. The number of benzene rings is 3. The van der Waals surface area contributed by atoms with E-state index in [1.807, 2.05) is 42.5 Å². The Bertz CT molecular complexity index is 1390. The van der Waals surface area contributed by atoms with Gasteiger partial charge in [0.05, 0.1) is 11.4 Å². The smallest absolute Gasteiger partial charge is 0.278 e. The molecule has 0 spiro atoms. The number of aromatic amines is 1. The first-order chi connectivity index (χ1) is 15.6. The van der Waals surface area contributed by atoms with Gasteiger partial charge in [-0.05, 0) is 53.1 Å². The molecule has 6 nitrogen and oxygen atoms in total. The van der Waals surface area contributed by atoms with Crippen LogP contribution in [0.3, 0.4) is 0 Å². The molecule has 0 bridgehead atoms. The van der Waals surface area contributed by atoms with Gasteiger partial charge in [0.1, 0.15) is 17.2 Å². The molecule has 2 aliphatic rings. The van der Waals surface area contributed by atoms with Gasteiger partial charge in [0.25, 0.3) is 5.56 Å². The van der Waals surface area contributed by atoms with Gasteiger partial charge in [-0.2, -0.15) is 0 Å². The lowest BCUT2D eigenvalue weighted by molar-refractivity contribution is 0.474. The van der Waals surface area contributed by atoms with Crippen molar-refractivity contribution in [3.63, 3.8) is 0 Å². The van der Waals surface area contributed by atoms with Crippen LogP contribution in [0, 0.1) is 0 Å². The minimum Gasteiger partial charge on any atom is -0.508 e. The lowest BCUT2D eigenvalue weighted by atomic mass is 10.1. The van der Waals surface area contributed by atoms with Crippen molar-refractivity contribution in [1.29, 1.82) is 0 Å². The number of phenolic OH excluding ortho intramolecular Hbond substituents is 2. The lowest BCUT2D eigenvalue weighted by Crippen LogP contribution is -2.17. The molecule has 0 fully saturated rings. The lowest BCUT2D eigenvalue weighted by Gasteiger charge is -2.13. The number of nitrogens with one attached hydrogen (secondary N) is 1. The van der Waals surface area contributed by atoms with Crippen LogP contribution in [0.25, 0.3) is 17.1 Å². The van der Waals surface area contributed by atoms with Crippen LogP contribution in [0.1, 0.15) is 22.5 Å². The fraction of sp³-hybridized carbons (Fsp3) is 0.0769. The van der Waals surface area contributed by atoms with Crippen LogP contribution >= 0.6 is 0 Å². The van der Waals surface area contributed by atoms with Gasteiger partial charge in [-0.3, -0.25) is 9.36 Å². The third kappa shape index (κ3) is 3.86. The normalized spacial score (nSPS) is 11.1. The standard InChI is InChI=1S/C26H21N3O3/c30-20-10-6-18(7-11-20)14-22-25-28-23(15-17-4-2-1-3-5-17)26(32)29(25)16-24(27-22)19-8-12-21(31)13-9-19/h1-13,16,27,30-31H,14-15H2. The summed E-state index contributed by atoms with van der Waals surface area (Å²) in [5, 5.41) is 19.2. The molecule has 2 heterocycles. The average molecular weight is 423 g/mol. The monoisotopic (exact) mass is 423 g/mol. The summed E-state index contributed by atoms with van der Waals surface area (Å²) in [6.07, 6.45) is 2.72. The van der Waals surface area contributed by atoms with Crippen molar-refractivity contribution >= 4 is 0 Å². The summed E-state index contributed by atoms with van der Waals surface area (Å²) in [6, 6.07) is 23.6. The molecule has 0 atom stereocenters. The third-order valence-corrected chi connectivity index (χ3v) is 5.46. The summed E-state index contributed by atoms with van der Waals surface area (Å²) in [6.45, 7) is 0. The second kappa shape index (κ2) is 8.07. The number of aromatic hydroxyl groups is 2. The first kappa shape index (κ1) is 19.6. The topological polar surface area (TPSA) is 91.1 Å². The van der Waals surface area contributed by atoms with E-state index >= 15 is 0 Å². The highest BCUT2D eigenvalue weighted by molar-refractivity contribution is 5.61. The van der Waals surface area contributed by atoms with Crippen LogP contribution in [-0.4, -0.2) is 24.7 Å². The largest absolute Gasteiger partial charge is 0.508 e. The van der Waals surface area contributed by atoms with Crippen molar-refractivity contribution in [2.45, 2.75) is 12.8 Å². The van der Waals surface area contributed by atoms with Gasteiger partial charge in [0.15, 0.2) is 5.82 Å². The van der Waals surface area contributed by atoms with Crippen molar-refractivity contribution in [1.82, 2.24) is 14.5 Å². The van der Waals surface area contributed by atoms with E-state index in [0.29, 0.717) is 24.4 Å². The van der Waals surface area contributed by atoms with E-state index in [1.165, 1.54) is 0 Å². The maximum Gasteiger partial charge on any atom is 0.278 e. The molecule has 0 aromatic heterocycles. The molecule has 0 amide bonds. The second-order valence-corrected chi connectivity index (χ2v) is 7.76. The number of hydrogen-bond donors (Lipinski definition) is 3. The summed E-state index contributed by atoms with van der Waals surface area (Å²) in [5.41, 5.74) is 4.71. The highest BCUT2D eigenvalue weighted by atomic mass is 16.3. The highest BCUT2D eigenvalue weighted by Gasteiger charge is 2.20. The summed E-state index contributed by atoms with van der Waals surface area (Å²) in [5.74, 6) is 0.960. The molecular weight excluding hydrogens is 402 g/mol. The number of nitrogens with zero attached hydrogens (tertiary/aromatic N) is 2. The quantitative estimate of drug-likeness (QED) is 0.394. The Hall–Kier alpha value is -4.32. The minimum atomic E-state index is -0.148. The van der Waals surface area contributed by atoms with E-state index in [0.717, 1.165) is 28.1 Å². The molecule has 0 saturated carbocycles. The maximum atomic E-state index is 13.2. The predicted molar refractivity (Wildman–Crippen MR) is 123 cm³/mol. The Morgan fingerprint density at radius 3 is 2.09 bits per heavy atom. The fourth-order valence-corrected chi connectivity index (χ4v) is 3.81. The molecule has 32 heavy (non-hydrogen) atoms. The van der Waals surface area contributed by atoms with Gasteiger partial charge in [-0.1, -0.05) is 42.5 Å². The Morgan fingerprint density at radius 2 is 1.41 bits per heavy atom. The van der Waals surface area contributed by atoms with Gasteiger partial charge in [-0.15, -0.1) is 0 Å². The van der Waals surface area contributed by atoms with Gasteiger partial charge >= 0.3 is 0 Å². The van der Waals surface area contributed by atoms with Crippen LogP contribution in [0.4, 0.5) is 0 Å². The molecule has 3 aromatic carbocycles. The fourth-order valence-electron chi connectivity index (χ4n) is 3.81. The van der Waals surface area contributed by atoms with Crippen molar-refractivity contribution in [2.24, 2.45) is 0 Å². The molecule has 0 saturated heterocycles. The summed E-state index contributed by atoms with van der Waals surface area (Å²) >= 11 is 0. The van der Waals surface area contributed by atoms with Crippen LogP contribution in [-0.2, 0) is 12.8 Å². The van der Waals surface area contributed by atoms with Crippen molar-refractivity contribution in [2.75, 3.05) is 0 Å². The number of H-pyrrole nitrogens is 1. The molecule has 3 N–H and O–H groups in total. The summed E-state index contributed by atoms with van der Waals surface area (Å²) in [4.78, 5) is 21.4.